The fraction of sp³-hybridized carbons (Fsp3) is 0.526. The number of nitrogens with zero attached hydrogens (tertiary/aromatic N) is 1. The van der Waals surface area contributed by atoms with Gasteiger partial charge < -0.3 is 10.2 Å². The van der Waals surface area contributed by atoms with E-state index in [9.17, 15) is 9.18 Å². The minimum absolute atomic E-state index is 0.136. The first-order valence-corrected chi connectivity index (χ1v) is 8.48. The molecule has 3 nitrogen and oxygen atoms in total. The zero-order valence-electron chi connectivity index (χ0n) is 15.0. The van der Waals surface area contributed by atoms with Gasteiger partial charge in [0.1, 0.15) is 5.82 Å². The predicted octanol–water partition coefficient (Wildman–Crippen LogP) is 3.88. The molecule has 1 aliphatic heterocycles. The molecule has 0 unspecified atom stereocenters. The highest BCUT2D eigenvalue weighted by Gasteiger charge is 2.19. The highest BCUT2D eigenvalue weighted by Crippen LogP contribution is 2.27. The molecule has 1 heterocycles. The third kappa shape index (κ3) is 4.90. The fourth-order valence-electron chi connectivity index (χ4n) is 2.65. The van der Waals surface area contributed by atoms with E-state index < -0.39 is 0 Å². The van der Waals surface area contributed by atoms with Gasteiger partial charge in [-0.3, -0.25) is 4.79 Å². The number of halogens is 1. The van der Waals surface area contributed by atoms with Gasteiger partial charge in [-0.05, 0) is 42.7 Å². The molecule has 128 valence electrons. The summed E-state index contributed by atoms with van der Waals surface area (Å²) in [5.41, 5.74) is 3.10. The zero-order valence-corrected chi connectivity index (χ0v) is 15.0. The molecular weight excluding hydrogens is 291 g/mol. The Kier molecular flexibility index (Phi) is 7.96. The molecule has 0 atom stereocenters. The monoisotopic (exact) mass is 320 g/mol. The summed E-state index contributed by atoms with van der Waals surface area (Å²) in [6, 6.07) is 3.28. The van der Waals surface area contributed by atoms with Crippen LogP contribution in [-0.4, -0.2) is 38.0 Å². The summed E-state index contributed by atoms with van der Waals surface area (Å²) in [5.74, 6) is -0.434. The zero-order chi connectivity index (χ0) is 17.4. The molecule has 0 aromatic heterocycles. The first-order valence-electron chi connectivity index (χ1n) is 8.48. The molecule has 4 heteroatoms. The number of rotatable bonds is 4. The number of benzene rings is 1. The second-order valence-corrected chi connectivity index (χ2v) is 5.62. The minimum atomic E-state index is -0.298. The summed E-state index contributed by atoms with van der Waals surface area (Å²) in [6.45, 7) is 7.71. The SMILES string of the molecule is CC.CCCc1cc(C2=CCNCC2)c(F)cc1C(=O)N(C)C. The molecule has 0 spiro atoms. The molecule has 0 radical (unpaired) electrons. The van der Waals surface area contributed by atoms with Crippen LogP contribution in [0.3, 0.4) is 0 Å². The van der Waals surface area contributed by atoms with Crippen molar-refractivity contribution in [1.29, 1.82) is 0 Å². The highest BCUT2D eigenvalue weighted by atomic mass is 19.1. The molecule has 0 aliphatic carbocycles. The number of hydrogen-bond acceptors (Lipinski definition) is 2. The normalized spacial score (nSPS) is 13.7. The van der Waals surface area contributed by atoms with Crippen molar-refractivity contribution < 1.29 is 9.18 Å². The van der Waals surface area contributed by atoms with Crippen molar-refractivity contribution in [3.63, 3.8) is 0 Å². The van der Waals surface area contributed by atoms with E-state index in [0.29, 0.717) is 11.1 Å². The first-order chi connectivity index (χ1) is 11.0. The van der Waals surface area contributed by atoms with E-state index in [1.165, 1.54) is 11.0 Å². The van der Waals surface area contributed by atoms with E-state index >= 15 is 0 Å². The lowest BCUT2D eigenvalue weighted by Gasteiger charge is -2.19. The summed E-state index contributed by atoms with van der Waals surface area (Å²) in [5, 5.41) is 3.23. The van der Waals surface area contributed by atoms with Gasteiger partial charge in [0.25, 0.3) is 5.91 Å². The van der Waals surface area contributed by atoms with Gasteiger partial charge >= 0.3 is 0 Å². The van der Waals surface area contributed by atoms with E-state index in [0.717, 1.165) is 43.5 Å². The molecule has 23 heavy (non-hydrogen) atoms. The molecule has 2 rings (SSSR count). The Morgan fingerprint density at radius 1 is 1.30 bits per heavy atom. The maximum absolute atomic E-state index is 14.4. The summed E-state index contributed by atoms with van der Waals surface area (Å²) < 4.78 is 14.4. The molecule has 0 bridgehead atoms. The Bertz CT molecular complexity index is 565. The maximum atomic E-state index is 14.4. The van der Waals surface area contributed by atoms with Crippen molar-refractivity contribution in [2.24, 2.45) is 0 Å². The number of hydrogen-bond donors (Lipinski definition) is 1. The fourth-order valence-corrected chi connectivity index (χ4v) is 2.65. The second kappa shape index (κ2) is 9.46. The lowest BCUT2D eigenvalue weighted by molar-refractivity contribution is 0.0826. The van der Waals surface area contributed by atoms with Crippen molar-refractivity contribution in [3.8, 4) is 0 Å². The Balaban J connectivity index is 0.00000127. The summed E-state index contributed by atoms with van der Waals surface area (Å²) in [4.78, 5) is 13.7. The van der Waals surface area contributed by atoms with E-state index in [4.69, 9.17) is 0 Å². The van der Waals surface area contributed by atoms with Crippen molar-refractivity contribution in [3.05, 3.63) is 40.7 Å². The van der Waals surface area contributed by atoms with Gasteiger partial charge in [-0.25, -0.2) is 4.39 Å². The summed E-state index contributed by atoms with van der Waals surface area (Å²) in [6.07, 6.45) is 4.57. The van der Waals surface area contributed by atoms with Crippen LogP contribution >= 0.6 is 0 Å². The van der Waals surface area contributed by atoms with Crippen molar-refractivity contribution in [2.45, 2.75) is 40.0 Å². The van der Waals surface area contributed by atoms with Crippen LogP contribution in [0.25, 0.3) is 5.57 Å². The van der Waals surface area contributed by atoms with Crippen LogP contribution in [0.15, 0.2) is 18.2 Å². The maximum Gasteiger partial charge on any atom is 0.253 e. The lowest BCUT2D eigenvalue weighted by atomic mass is 9.93. The number of aryl methyl sites for hydroxylation is 1. The molecular formula is C19H29FN2O. The first kappa shape index (κ1) is 19.4. The molecule has 1 N–H and O–H groups in total. The van der Waals surface area contributed by atoms with Gasteiger partial charge in [0.05, 0.1) is 0 Å². The molecule has 0 saturated carbocycles. The highest BCUT2D eigenvalue weighted by molar-refractivity contribution is 5.96. The van der Waals surface area contributed by atoms with Gasteiger partial charge in [0.2, 0.25) is 0 Å². The largest absolute Gasteiger partial charge is 0.345 e. The van der Waals surface area contributed by atoms with Crippen molar-refractivity contribution in [2.75, 3.05) is 27.2 Å². The van der Waals surface area contributed by atoms with Crippen LogP contribution in [0.2, 0.25) is 0 Å². The topological polar surface area (TPSA) is 32.3 Å². The van der Waals surface area contributed by atoms with E-state index in [1.54, 1.807) is 14.1 Å². The van der Waals surface area contributed by atoms with Gasteiger partial charge in [0, 0.05) is 31.8 Å². The van der Waals surface area contributed by atoms with Crippen LogP contribution < -0.4 is 5.32 Å². The smallest absolute Gasteiger partial charge is 0.253 e. The van der Waals surface area contributed by atoms with Crippen LogP contribution in [-0.2, 0) is 6.42 Å². The van der Waals surface area contributed by atoms with Crippen LogP contribution in [0.4, 0.5) is 4.39 Å². The average molecular weight is 320 g/mol. The molecule has 1 aliphatic rings. The number of carbonyl (C=O) groups is 1. The van der Waals surface area contributed by atoms with Crippen LogP contribution in [0.5, 0.6) is 0 Å². The molecule has 0 saturated heterocycles. The van der Waals surface area contributed by atoms with Crippen molar-refractivity contribution in [1.82, 2.24) is 10.2 Å². The number of amides is 1. The van der Waals surface area contributed by atoms with Crippen LogP contribution in [0.1, 0.15) is 55.1 Å². The Morgan fingerprint density at radius 2 is 2.00 bits per heavy atom. The molecule has 1 aromatic rings. The summed E-state index contributed by atoms with van der Waals surface area (Å²) in [7, 11) is 3.39. The van der Waals surface area contributed by atoms with Gasteiger partial charge in [-0.15, -0.1) is 0 Å². The number of carbonyl (C=O) groups excluding carboxylic acids is 1. The molecule has 1 aromatic carbocycles. The Labute approximate surface area is 139 Å². The average Bonchev–Trinajstić information content (AvgIpc) is 2.58. The third-order valence-electron chi connectivity index (χ3n) is 3.76. The van der Waals surface area contributed by atoms with E-state index in [2.05, 4.69) is 12.2 Å². The quantitative estimate of drug-likeness (QED) is 0.913. The van der Waals surface area contributed by atoms with Gasteiger partial charge in [0.15, 0.2) is 0 Å². The summed E-state index contributed by atoms with van der Waals surface area (Å²) >= 11 is 0. The predicted molar refractivity (Wildman–Crippen MR) is 95.2 cm³/mol. The second-order valence-electron chi connectivity index (χ2n) is 5.62. The van der Waals surface area contributed by atoms with Gasteiger partial charge in [-0.1, -0.05) is 33.3 Å². The van der Waals surface area contributed by atoms with Crippen LogP contribution in [0, 0.1) is 5.82 Å². The van der Waals surface area contributed by atoms with E-state index in [1.807, 2.05) is 26.0 Å². The molecule has 0 fully saturated rings. The lowest BCUT2D eigenvalue weighted by Crippen LogP contribution is -2.24. The minimum Gasteiger partial charge on any atom is -0.345 e. The Hall–Kier alpha value is -1.68. The standard InChI is InChI=1S/C17H23FN2O.C2H6/c1-4-5-13-10-14(12-6-8-19-9-7-12)16(18)11-15(13)17(21)20(2)3;1-2/h6,10-11,19H,4-5,7-9H2,1-3H3;1-2H3. The Morgan fingerprint density at radius 3 is 2.52 bits per heavy atom. The van der Waals surface area contributed by atoms with Gasteiger partial charge in [-0.2, -0.15) is 0 Å². The third-order valence-corrected chi connectivity index (χ3v) is 3.76. The van der Waals surface area contributed by atoms with E-state index in [-0.39, 0.29) is 11.7 Å². The number of nitrogens with one attached hydrogen (secondary N) is 1. The van der Waals surface area contributed by atoms with Crippen molar-refractivity contribution >= 4 is 11.5 Å². The molecule has 1 amide bonds.